The first-order valence-electron chi connectivity index (χ1n) is 5.09. The minimum absolute atomic E-state index is 0.0417. The summed E-state index contributed by atoms with van der Waals surface area (Å²) < 4.78 is 0. The lowest BCUT2D eigenvalue weighted by Crippen LogP contribution is -2.31. The van der Waals surface area contributed by atoms with Crippen LogP contribution in [0.3, 0.4) is 0 Å². The SMILES string of the molecule is CC(C)[C@H]1CC[C@@H](C(=O)NO)CC1. The van der Waals surface area contributed by atoms with Gasteiger partial charge in [-0.05, 0) is 37.5 Å². The van der Waals surface area contributed by atoms with Crippen molar-refractivity contribution in [2.24, 2.45) is 17.8 Å². The van der Waals surface area contributed by atoms with E-state index in [0.29, 0.717) is 0 Å². The Kier molecular flexibility index (Phi) is 3.72. The van der Waals surface area contributed by atoms with Crippen LogP contribution in [0, 0.1) is 17.8 Å². The van der Waals surface area contributed by atoms with E-state index in [1.807, 2.05) is 0 Å². The van der Waals surface area contributed by atoms with Crippen LogP contribution in [-0.4, -0.2) is 11.1 Å². The Morgan fingerprint density at radius 3 is 2.23 bits per heavy atom. The third kappa shape index (κ3) is 2.69. The zero-order chi connectivity index (χ0) is 9.84. The van der Waals surface area contributed by atoms with Gasteiger partial charge in [0.1, 0.15) is 0 Å². The summed E-state index contributed by atoms with van der Waals surface area (Å²) in [5.74, 6) is 1.32. The van der Waals surface area contributed by atoms with E-state index in [1.165, 1.54) is 0 Å². The summed E-state index contributed by atoms with van der Waals surface area (Å²) in [5.41, 5.74) is 1.74. The van der Waals surface area contributed by atoms with Gasteiger partial charge in [-0.2, -0.15) is 0 Å². The van der Waals surface area contributed by atoms with Crippen molar-refractivity contribution in [2.45, 2.75) is 39.5 Å². The lowest BCUT2D eigenvalue weighted by molar-refractivity contribution is -0.134. The standard InChI is InChI=1S/C10H19NO2/c1-7(2)8-3-5-9(6-4-8)10(12)11-13/h7-9,13H,3-6H2,1-2H3,(H,11,12)/t8-,9+. The molecule has 76 valence electrons. The zero-order valence-corrected chi connectivity index (χ0v) is 8.42. The van der Waals surface area contributed by atoms with Crippen LogP contribution >= 0.6 is 0 Å². The number of carbonyl (C=O) groups excluding carboxylic acids is 1. The minimum atomic E-state index is -0.206. The summed E-state index contributed by atoms with van der Waals surface area (Å²) in [6, 6.07) is 0. The molecule has 0 aromatic carbocycles. The van der Waals surface area contributed by atoms with Crippen LogP contribution < -0.4 is 5.48 Å². The van der Waals surface area contributed by atoms with Crippen molar-refractivity contribution in [2.75, 3.05) is 0 Å². The highest BCUT2D eigenvalue weighted by molar-refractivity contribution is 5.77. The van der Waals surface area contributed by atoms with E-state index in [2.05, 4.69) is 13.8 Å². The van der Waals surface area contributed by atoms with Gasteiger partial charge < -0.3 is 0 Å². The predicted octanol–water partition coefficient (Wildman–Crippen LogP) is 1.95. The Morgan fingerprint density at radius 2 is 1.85 bits per heavy atom. The Balaban J connectivity index is 2.34. The molecule has 0 heterocycles. The van der Waals surface area contributed by atoms with Gasteiger partial charge in [0.25, 0.3) is 0 Å². The van der Waals surface area contributed by atoms with Crippen LogP contribution in [0.25, 0.3) is 0 Å². The van der Waals surface area contributed by atoms with Gasteiger partial charge in [0.05, 0.1) is 0 Å². The minimum Gasteiger partial charge on any atom is -0.289 e. The summed E-state index contributed by atoms with van der Waals surface area (Å²) in [5, 5.41) is 8.46. The third-order valence-electron chi connectivity index (χ3n) is 3.20. The quantitative estimate of drug-likeness (QED) is 0.510. The first kappa shape index (κ1) is 10.5. The molecule has 0 aliphatic heterocycles. The molecule has 13 heavy (non-hydrogen) atoms. The molecule has 0 atom stereocenters. The number of carbonyl (C=O) groups is 1. The fourth-order valence-electron chi connectivity index (χ4n) is 2.14. The maximum absolute atomic E-state index is 11.1. The number of hydrogen-bond acceptors (Lipinski definition) is 2. The van der Waals surface area contributed by atoms with Gasteiger partial charge in [0.2, 0.25) is 5.91 Å². The molecule has 1 aliphatic carbocycles. The van der Waals surface area contributed by atoms with Gasteiger partial charge in [0.15, 0.2) is 0 Å². The molecule has 3 nitrogen and oxygen atoms in total. The number of rotatable bonds is 2. The molecule has 0 saturated heterocycles. The predicted molar refractivity (Wildman–Crippen MR) is 50.2 cm³/mol. The molecule has 1 amide bonds. The van der Waals surface area contributed by atoms with Gasteiger partial charge in [-0.1, -0.05) is 13.8 Å². The number of amides is 1. The number of hydroxylamine groups is 1. The maximum Gasteiger partial charge on any atom is 0.246 e. The molecule has 0 aromatic heterocycles. The smallest absolute Gasteiger partial charge is 0.246 e. The van der Waals surface area contributed by atoms with Crippen molar-refractivity contribution >= 4 is 5.91 Å². The lowest BCUT2D eigenvalue weighted by atomic mass is 9.77. The Bertz CT molecular complexity index is 172. The van der Waals surface area contributed by atoms with E-state index in [9.17, 15) is 4.79 Å². The second-order valence-electron chi connectivity index (χ2n) is 4.33. The van der Waals surface area contributed by atoms with Crippen molar-refractivity contribution in [1.29, 1.82) is 0 Å². The molecule has 0 spiro atoms. The third-order valence-corrected chi connectivity index (χ3v) is 3.20. The average molecular weight is 185 g/mol. The lowest BCUT2D eigenvalue weighted by Gasteiger charge is -2.29. The Morgan fingerprint density at radius 1 is 1.31 bits per heavy atom. The fourth-order valence-corrected chi connectivity index (χ4v) is 2.14. The highest BCUT2D eigenvalue weighted by atomic mass is 16.5. The van der Waals surface area contributed by atoms with Gasteiger partial charge in [-0.25, -0.2) is 5.48 Å². The van der Waals surface area contributed by atoms with Crippen LogP contribution in [0.15, 0.2) is 0 Å². The van der Waals surface area contributed by atoms with E-state index in [1.54, 1.807) is 5.48 Å². The average Bonchev–Trinajstić information content (AvgIpc) is 2.17. The van der Waals surface area contributed by atoms with Crippen molar-refractivity contribution in [3.8, 4) is 0 Å². The molecular weight excluding hydrogens is 166 g/mol. The topological polar surface area (TPSA) is 49.3 Å². The highest BCUT2D eigenvalue weighted by Crippen LogP contribution is 2.33. The molecule has 2 N–H and O–H groups in total. The highest BCUT2D eigenvalue weighted by Gasteiger charge is 2.27. The monoisotopic (exact) mass is 185 g/mol. The largest absolute Gasteiger partial charge is 0.289 e. The molecule has 3 heteroatoms. The van der Waals surface area contributed by atoms with Crippen LogP contribution in [0.2, 0.25) is 0 Å². The molecular formula is C10H19NO2. The number of nitrogens with one attached hydrogen (secondary N) is 1. The van der Waals surface area contributed by atoms with Crippen molar-refractivity contribution in [3.63, 3.8) is 0 Å². The van der Waals surface area contributed by atoms with E-state index in [-0.39, 0.29) is 11.8 Å². The molecule has 0 bridgehead atoms. The van der Waals surface area contributed by atoms with Crippen molar-refractivity contribution in [1.82, 2.24) is 5.48 Å². The fraction of sp³-hybridized carbons (Fsp3) is 0.900. The Hall–Kier alpha value is -0.570. The van der Waals surface area contributed by atoms with Crippen LogP contribution in [0.4, 0.5) is 0 Å². The summed E-state index contributed by atoms with van der Waals surface area (Å²) in [7, 11) is 0. The summed E-state index contributed by atoms with van der Waals surface area (Å²) in [6.07, 6.45) is 4.09. The number of hydrogen-bond donors (Lipinski definition) is 2. The van der Waals surface area contributed by atoms with Gasteiger partial charge in [-0.3, -0.25) is 10.0 Å². The van der Waals surface area contributed by atoms with E-state index in [0.717, 1.165) is 37.5 Å². The first-order chi connectivity index (χ1) is 6.15. The summed E-state index contributed by atoms with van der Waals surface area (Å²) in [6.45, 7) is 4.47. The van der Waals surface area contributed by atoms with Crippen molar-refractivity contribution in [3.05, 3.63) is 0 Å². The van der Waals surface area contributed by atoms with Gasteiger partial charge in [-0.15, -0.1) is 0 Å². The zero-order valence-electron chi connectivity index (χ0n) is 8.42. The molecule has 0 aromatic rings. The molecule has 0 unspecified atom stereocenters. The van der Waals surface area contributed by atoms with E-state index >= 15 is 0 Å². The van der Waals surface area contributed by atoms with Crippen LogP contribution in [0.5, 0.6) is 0 Å². The first-order valence-corrected chi connectivity index (χ1v) is 5.09. The van der Waals surface area contributed by atoms with Gasteiger partial charge in [0, 0.05) is 5.92 Å². The second kappa shape index (κ2) is 4.61. The van der Waals surface area contributed by atoms with E-state index in [4.69, 9.17) is 5.21 Å². The van der Waals surface area contributed by atoms with Gasteiger partial charge >= 0.3 is 0 Å². The molecule has 1 fully saturated rings. The molecule has 0 radical (unpaired) electrons. The van der Waals surface area contributed by atoms with Crippen molar-refractivity contribution < 1.29 is 10.0 Å². The molecule has 1 aliphatic rings. The second-order valence-corrected chi connectivity index (χ2v) is 4.33. The normalized spacial score (nSPS) is 28.9. The summed E-state index contributed by atoms with van der Waals surface area (Å²) >= 11 is 0. The van der Waals surface area contributed by atoms with Crippen LogP contribution in [0.1, 0.15) is 39.5 Å². The van der Waals surface area contributed by atoms with Crippen LogP contribution in [-0.2, 0) is 4.79 Å². The maximum atomic E-state index is 11.1. The molecule has 1 saturated carbocycles. The molecule has 1 rings (SSSR count). The van der Waals surface area contributed by atoms with E-state index < -0.39 is 0 Å². The summed E-state index contributed by atoms with van der Waals surface area (Å²) in [4.78, 5) is 11.1. The Labute approximate surface area is 79.5 Å².